The van der Waals surface area contributed by atoms with Crippen LogP contribution in [0.15, 0.2) is 18.3 Å². The quantitative estimate of drug-likeness (QED) is 0.845. The van der Waals surface area contributed by atoms with E-state index in [2.05, 4.69) is 15.0 Å². The van der Waals surface area contributed by atoms with Crippen LogP contribution in [0.3, 0.4) is 0 Å². The number of anilines is 1. The average Bonchev–Trinajstić information content (AvgIpc) is 2.37. The van der Waals surface area contributed by atoms with Crippen molar-refractivity contribution in [1.29, 1.82) is 0 Å². The van der Waals surface area contributed by atoms with E-state index in [1.54, 1.807) is 0 Å². The predicted octanol–water partition coefficient (Wildman–Crippen LogP) is 2.38. The number of alkyl halides is 3. The summed E-state index contributed by atoms with van der Waals surface area (Å²) in [5, 5.41) is 2.24. The molecule has 110 valence electrons. The minimum Gasteiger partial charge on any atom is -0.469 e. The van der Waals surface area contributed by atoms with Crippen LogP contribution in [-0.4, -0.2) is 24.0 Å². The Labute approximate surface area is 113 Å². The van der Waals surface area contributed by atoms with Gasteiger partial charge in [-0.05, 0) is 18.6 Å². The van der Waals surface area contributed by atoms with E-state index in [9.17, 15) is 22.8 Å². The number of amides is 1. The standard InChI is InChI=1S/C12H13F3N2O3/c1-20-11(19)4-2-3-10(18)17-9-7-8(5-6-16-9)12(13,14)15/h5-7H,2-4H2,1H3,(H,16,17,18). The number of rotatable bonds is 5. The Kier molecular flexibility index (Phi) is 5.48. The number of methoxy groups -OCH3 is 1. The third-order valence-electron chi connectivity index (χ3n) is 2.37. The number of carbonyl (C=O) groups is 2. The van der Waals surface area contributed by atoms with E-state index in [1.807, 2.05) is 0 Å². The summed E-state index contributed by atoms with van der Waals surface area (Å²) in [4.78, 5) is 25.9. The number of ether oxygens (including phenoxy) is 1. The summed E-state index contributed by atoms with van der Waals surface area (Å²) in [6, 6.07) is 1.56. The second kappa shape index (κ2) is 6.88. The molecule has 1 N–H and O–H groups in total. The van der Waals surface area contributed by atoms with Gasteiger partial charge in [0.25, 0.3) is 0 Å². The van der Waals surface area contributed by atoms with Gasteiger partial charge in [-0.25, -0.2) is 4.98 Å². The highest BCUT2D eigenvalue weighted by molar-refractivity contribution is 5.90. The summed E-state index contributed by atoms with van der Waals surface area (Å²) >= 11 is 0. The lowest BCUT2D eigenvalue weighted by Gasteiger charge is -2.08. The number of nitrogens with one attached hydrogen (secondary N) is 1. The molecule has 1 aromatic heterocycles. The molecule has 0 atom stereocenters. The summed E-state index contributed by atoms with van der Waals surface area (Å²) < 4.78 is 41.7. The zero-order valence-corrected chi connectivity index (χ0v) is 10.7. The van der Waals surface area contributed by atoms with E-state index in [0.717, 1.165) is 18.3 Å². The van der Waals surface area contributed by atoms with Crippen LogP contribution in [0.2, 0.25) is 0 Å². The van der Waals surface area contributed by atoms with Crippen LogP contribution in [0.1, 0.15) is 24.8 Å². The van der Waals surface area contributed by atoms with Crippen LogP contribution in [0.25, 0.3) is 0 Å². The highest BCUT2D eigenvalue weighted by Gasteiger charge is 2.30. The van der Waals surface area contributed by atoms with Gasteiger partial charge in [0, 0.05) is 19.0 Å². The lowest BCUT2D eigenvalue weighted by atomic mass is 10.2. The number of hydrogen-bond acceptors (Lipinski definition) is 4. The topological polar surface area (TPSA) is 68.3 Å². The van der Waals surface area contributed by atoms with Gasteiger partial charge in [-0.3, -0.25) is 9.59 Å². The Morgan fingerprint density at radius 3 is 2.65 bits per heavy atom. The van der Waals surface area contributed by atoms with Crippen LogP contribution in [0, 0.1) is 0 Å². The fourth-order valence-electron chi connectivity index (χ4n) is 1.38. The van der Waals surface area contributed by atoms with Crippen LogP contribution in [-0.2, 0) is 20.5 Å². The predicted molar refractivity (Wildman–Crippen MR) is 63.7 cm³/mol. The summed E-state index contributed by atoms with van der Waals surface area (Å²) in [6.07, 6.45) is -3.22. The van der Waals surface area contributed by atoms with Gasteiger partial charge in [0.05, 0.1) is 12.7 Å². The number of esters is 1. The molecule has 0 bridgehead atoms. The first-order valence-electron chi connectivity index (χ1n) is 5.73. The van der Waals surface area contributed by atoms with Gasteiger partial charge in [0.2, 0.25) is 5.91 Å². The van der Waals surface area contributed by atoms with Crippen molar-refractivity contribution in [3.63, 3.8) is 0 Å². The summed E-state index contributed by atoms with van der Waals surface area (Å²) in [7, 11) is 1.23. The molecule has 0 aromatic carbocycles. The van der Waals surface area contributed by atoms with Crippen molar-refractivity contribution in [2.45, 2.75) is 25.4 Å². The molecular formula is C12H13F3N2O3. The fourth-order valence-corrected chi connectivity index (χ4v) is 1.38. The van der Waals surface area contributed by atoms with Crippen LogP contribution in [0.5, 0.6) is 0 Å². The molecule has 0 aliphatic heterocycles. The van der Waals surface area contributed by atoms with Gasteiger partial charge in [-0.15, -0.1) is 0 Å². The van der Waals surface area contributed by atoms with Crippen molar-refractivity contribution in [2.24, 2.45) is 0 Å². The minimum absolute atomic E-state index is 0.00692. The molecule has 0 aliphatic carbocycles. The van der Waals surface area contributed by atoms with Gasteiger partial charge in [0.15, 0.2) is 0 Å². The molecule has 0 spiro atoms. The molecule has 0 saturated carbocycles. The van der Waals surface area contributed by atoms with E-state index in [4.69, 9.17) is 0 Å². The molecule has 1 heterocycles. The lowest BCUT2D eigenvalue weighted by molar-refractivity contribution is -0.141. The number of carbonyl (C=O) groups excluding carboxylic acids is 2. The highest BCUT2D eigenvalue weighted by Crippen LogP contribution is 2.29. The Morgan fingerprint density at radius 1 is 1.35 bits per heavy atom. The van der Waals surface area contributed by atoms with Crippen LogP contribution in [0.4, 0.5) is 19.0 Å². The molecule has 1 amide bonds. The largest absolute Gasteiger partial charge is 0.469 e. The monoisotopic (exact) mass is 290 g/mol. The second-order valence-corrected chi connectivity index (χ2v) is 3.91. The van der Waals surface area contributed by atoms with Crippen LogP contribution >= 0.6 is 0 Å². The van der Waals surface area contributed by atoms with E-state index in [1.165, 1.54) is 7.11 Å². The van der Waals surface area contributed by atoms with Gasteiger partial charge in [-0.1, -0.05) is 0 Å². The van der Waals surface area contributed by atoms with Crippen molar-refractivity contribution in [3.8, 4) is 0 Å². The first-order valence-corrected chi connectivity index (χ1v) is 5.73. The maximum absolute atomic E-state index is 12.4. The van der Waals surface area contributed by atoms with E-state index >= 15 is 0 Å². The van der Waals surface area contributed by atoms with Gasteiger partial charge < -0.3 is 10.1 Å². The number of hydrogen-bond donors (Lipinski definition) is 1. The SMILES string of the molecule is COC(=O)CCCC(=O)Nc1cc(C(F)(F)F)ccn1. The molecule has 0 radical (unpaired) electrons. The van der Waals surface area contributed by atoms with Gasteiger partial charge >= 0.3 is 12.1 Å². The molecule has 0 saturated heterocycles. The van der Waals surface area contributed by atoms with Gasteiger partial charge in [-0.2, -0.15) is 13.2 Å². The summed E-state index contributed by atoms with van der Waals surface area (Å²) in [5.74, 6) is -1.14. The molecule has 0 unspecified atom stereocenters. The maximum Gasteiger partial charge on any atom is 0.416 e. The first kappa shape index (κ1) is 15.9. The number of aromatic nitrogens is 1. The van der Waals surface area contributed by atoms with Crippen molar-refractivity contribution >= 4 is 17.7 Å². The molecule has 8 heteroatoms. The third kappa shape index (κ3) is 5.25. The van der Waals surface area contributed by atoms with E-state index in [-0.39, 0.29) is 25.1 Å². The minimum atomic E-state index is -4.49. The number of nitrogens with zero attached hydrogens (tertiary/aromatic N) is 1. The molecule has 1 rings (SSSR count). The number of halogens is 3. The Hall–Kier alpha value is -2.12. The molecule has 20 heavy (non-hydrogen) atoms. The van der Waals surface area contributed by atoms with Gasteiger partial charge in [0.1, 0.15) is 5.82 Å². The lowest BCUT2D eigenvalue weighted by Crippen LogP contribution is -2.14. The average molecular weight is 290 g/mol. The maximum atomic E-state index is 12.4. The molecule has 0 aliphatic rings. The smallest absolute Gasteiger partial charge is 0.416 e. The normalized spacial score (nSPS) is 11.0. The summed E-state index contributed by atoms with van der Waals surface area (Å²) in [6.45, 7) is 0. The van der Waals surface area contributed by atoms with Crippen LogP contribution < -0.4 is 5.32 Å². The molecular weight excluding hydrogens is 277 g/mol. The fraction of sp³-hybridized carbons (Fsp3) is 0.417. The second-order valence-electron chi connectivity index (χ2n) is 3.91. The van der Waals surface area contributed by atoms with E-state index < -0.39 is 23.6 Å². The zero-order chi connectivity index (χ0) is 15.2. The van der Waals surface area contributed by atoms with Crippen molar-refractivity contribution in [3.05, 3.63) is 23.9 Å². The highest BCUT2D eigenvalue weighted by atomic mass is 19.4. The first-order chi connectivity index (χ1) is 9.32. The third-order valence-corrected chi connectivity index (χ3v) is 2.37. The Bertz CT molecular complexity index is 489. The zero-order valence-electron chi connectivity index (χ0n) is 10.7. The molecule has 1 aromatic rings. The van der Waals surface area contributed by atoms with Crippen molar-refractivity contribution in [1.82, 2.24) is 4.98 Å². The molecule has 0 fully saturated rings. The number of pyridine rings is 1. The van der Waals surface area contributed by atoms with Crippen molar-refractivity contribution < 1.29 is 27.5 Å². The van der Waals surface area contributed by atoms with E-state index in [0.29, 0.717) is 0 Å². The van der Waals surface area contributed by atoms with Crippen molar-refractivity contribution in [2.75, 3.05) is 12.4 Å². The Balaban J connectivity index is 2.52. The summed E-state index contributed by atoms with van der Waals surface area (Å²) in [5.41, 5.74) is -0.891. The Morgan fingerprint density at radius 2 is 2.05 bits per heavy atom. The molecule has 5 nitrogen and oxygen atoms in total.